The number of carbonyl (C=O) groups is 1. The first-order valence-corrected chi connectivity index (χ1v) is 6.25. The molecule has 2 unspecified atom stereocenters. The first-order chi connectivity index (χ1) is 10.1. The minimum Gasteiger partial charge on any atom is -0.482 e. The maximum absolute atomic E-state index is 10.9. The Balaban J connectivity index is 2.55. The van der Waals surface area contributed by atoms with Crippen molar-refractivity contribution in [3.8, 4) is 5.75 Å². The number of azide groups is 1. The zero-order valence-corrected chi connectivity index (χ0v) is 11.5. The molecule has 0 bridgehead atoms. The van der Waals surface area contributed by atoms with E-state index in [1.807, 2.05) is 0 Å². The minimum atomic E-state index is -1.09. The second-order valence-electron chi connectivity index (χ2n) is 4.19. The topological polar surface area (TPSA) is 125 Å². The molecule has 0 fully saturated rings. The van der Waals surface area contributed by atoms with Crippen molar-refractivity contribution in [3.63, 3.8) is 0 Å². The largest absolute Gasteiger partial charge is 0.482 e. The number of rotatable bonds is 8. The quantitative estimate of drug-likeness (QED) is 0.324. The highest BCUT2D eigenvalue weighted by atomic mass is 16.6. The van der Waals surface area contributed by atoms with Crippen molar-refractivity contribution in [1.29, 1.82) is 0 Å². The number of benzene rings is 1. The highest BCUT2D eigenvalue weighted by molar-refractivity contribution is 5.70. The average molecular weight is 295 g/mol. The number of hydrogen-bond acceptors (Lipinski definition) is 6. The summed E-state index contributed by atoms with van der Waals surface area (Å²) in [6, 6.07) is 6.30. The number of methoxy groups -OCH3 is 1. The monoisotopic (exact) mass is 295 g/mol. The Hall–Kier alpha value is -2.28. The standard InChI is InChI=1S/C13H17N3O5/c1-20-12(18)8-21-10-4-2-9(3-5-10)13(19)11(17)6-7-15-16-14/h2-5,11,13,17,19H,6-8H2,1H3. The zero-order valence-electron chi connectivity index (χ0n) is 11.5. The summed E-state index contributed by atoms with van der Waals surface area (Å²) in [4.78, 5) is 13.5. The van der Waals surface area contributed by atoms with Crippen molar-refractivity contribution in [1.82, 2.24) is 0 Å². The van der Waals surface area contributed by atoms with Crippen molar-refractivity contribution in [2.75, 3.05) is 20.3 Å². The van der Waals surface area contributed by atoms with Crippen LogP contribution >= 0.6 is 0 Å². The molecular weight excluding hydrogens is 278 g/mol. The van der Waals surface area contributed by atoms with Gasteiger partial charge in [0.15, 0.2) is 6.61 Å². The van der Waals surface area contributed by atoms with Crippen molar-refractivity contribution in [2.24, 2.45) is 5.11 Å². The fraction of sp³-hybridized carbons (Fsp3) is 0.462. The van der Waals surface area contributed by atoms with Gasteiger partial charge < -0.3 is 19.7 Å². The van der Waals surface area contributed by atoms with Gasteiger partial charge in [-0.05, 0) is 29.6 Å². The van der Waals surface area contributed by atoms with Crippen LogP contribution in [0.2, 0.25) is 0 Å². The van der Waals surface area contributed by atoms with Gasteiger partial charge in [-0.25, -0.2) is 4.79 Å². The van der Waals surface area contributed by atoms with Gasteiger partial charge in [-0.1, -0.05) is 17.2 Å². The number of esters is 1. The van der Waals surface area contributed by atoms with Gasteiger partial charge in [-0.3, -0.25) is 0 Å². The molecule has 0 saturated heterocycles. The molecule has 1 aromatic rings. The van der Waals surface area contributed by atoms with Crippen LogP contribution in [0.25, 0.3) is 10.4 Å². The van der Waals surface area contributed by atoms with E-state index in [2.05, 4.69) is 14.8 Å². The third kappa shape index (κ3) is 5.70. The summed E-state index contributed by atoms with van der Waals surface area (Å²) in [5.74, 6) is -0.0486. The molecule has 8 heteroatoms. The summed E-state index contributed by atoms with van der Waals surface area (Å²) in [5, 5.41) is 23.0. The number of nitrogens with zero attached hydrogens (tertiary/aromatic N) is 3. The maximum Gasteiger partial charge on any atom is 0.343 e. The molecule has 0 aliphatic heterocycles. The Kier molecular flexibility index (Phi) is 7.03. The molecule has 0 aromatic heterocycles. The van der Waals surface area contributed by atoms with Gasteiger partial charge >= 0.3 is 5.97 Å². The molecule has 0 spiro atoms. The lowest BCUT2D eigenvalue weighted by molar-refractivity contribution is -0.142. The van der Waals surface area contributed by atoms with Gasteiger partial charge in [-0.2, -0.15) is 0 Å². The number of aliphatic hydroxyl groups excluding tert-OH is 2. The van der Waals surface area contributed by atoms with Crippen LogP contribution in [0.5, 0.6) is 5.75 Å². The van der Waals surface area contributed by atoms with Crippen LogP contribution in [0.3, 0.4) is 0 Å². The van der Waals surface area contributed by atoms with Crippen LogP contribution in [-0.2, 0) is 9.53 Å². The van der Waals surface area contributed by atoms with E-state index in [1.54, 1.807) is 24.3 Å². The zero-order chi connectivity index (χ0) is 15.7. The second kappa shape index (κ2) is 8.80. The SMILES string of the molecule is COC(=O)COc1ccc(C(O)C(O)CCN=[N+]=[N-])cc1. The molecule has 1 rings (SSSR count). The van der Waals surface area contributed by atoms with Gasteiger partial charge in [0.2, 0.25) is 0 Å². The van der Waals surface area contributed by atoms with Crippen molar-refractivity contribution in [3.05, 3.63) is 40.3 Å². The summed E-state index contributed by atoms with van der Waals surface area (Å²) in [6.45, 7) is -0.0950. The predicted molar refractivity (Wildman–Crippen MR) is 73.5 cm³/mol. The predicted octanol–water partition coefficient (Wildman–Crippen LogP) is 1.33. The first-order valence-electron chi connectivity index (χ1n) is 6.25. The first kappa shape index (κ1) is 16.8. The van der Waals surface area contributed by atoms with Crippen molar-refractivity contribution in [2.45, 2.75) is 18.6 Å². The summed E-state index contributed by atoms with van der Waals surface area (Å²) in [5.41, 5.74) is 8.63. The normalized spacial score (nSPS) is 12.9. The number of aliphatic hydroxyl groups is 2. The Bertz CT molecular complexity index is 499. The molecule has 0 saturated carbocycles. The smallest absolute Gasteiger partial charge is 0.343 e. The summed E-state index contributed by atoms with van der Waals surface area (Å²) < 4.78 is 9.60. The van der Waals surface area contributed by atoms with Crippen LogP contribution in [0, 0.1) is 0 Å². The van der Waals surface area contributed by atoms with Crippen molar-refractivity contribution >= 4 is 5.97 Å². The van der Waals surface area contributed by atoms with E-state index in [0.29, 0.717) is 11.3 Å². The van der Waals surface area contributed by atoms with E-state index in [0.717, 1.165) is 0 Å². The fourth-order valence-corrected chi connectivity index (χ4v) is 1.58. The van der Waals surface area contributed by atoms with Gasteiger partial charge in [0.1, 0.15) is 11.9 Å². The number of hydrogen-bond donors (Lipinski definition) is 2. The third-order valence-corrected chi connectivity index (χ3v) is 2.76. The van der Waals surface area contributed by atoms with E-state index in [1.165, 1.54) is 7.11 Å². The summed E-state index contributed by atoms with van der Waals surface area (Å²) in [7, 11) is 1.27. The maximum atomic E-state index is 10.9. The molecule has 2 atom stereocenters. The Morgan fingerprint density at radius 3 is 2.62 bits per heavy atom. The molecule has 0 aliphatic rings. The highest BCUT2D eigenvalue weighted by Crippen LogP contribution is 2.22. The molecule has 8 nitrogen and oxygen atoms in total. The highest BCUT2D eigenvalue weighted by Gasteiger charge is 2.17. The lowest BCUT2D eigenvalue weighted by Gasteiger charge is -2.17. The van der Waals surface area contributed by atoms with Crippen LogP contribution < -0.4 is 4.74 Å². The average Bonchev–Trinajstić information content (AvgIpc) is 2.52. The molecular formula is C13H17N3O5. The molecule has 0 amide bonds. The molecule has 21 heavy (non-hydrogen) atoms. The van der Waals surface area contributed by atoms with Gasteiger partial charge in [0.05, 0.1) is 13.2 Å². The van der Waals surface area contributed by atoms with E-state index < -0.39 is 18.2 Å². The van der Waals surface area contributed by atoms with Crippen LogP contribution in [0.4, 0.5) is 0 Å². The van der Waals surface area contributed by atoms with Crippen LogP contribution in [0.15, 0.2) is 29.4 Å². The van der Waals surface area contributed by atoms with Crippen LogP contribution in [0.1, 0.15) is 18.1 Å². The molecule has 1 aromatic carbocycles. The number of carbonyl (C=O) groups excluding carboxylic acids is 1. The molecule has 114 valence electrons. The van der Waals surface area contributed by atoms with E-state index in [4.69, 9.17) is 10.3 Å². The Morgan fingerprint density at radius 2 is 2.05 bits per heavy atom. The van der Waals surface area contributed by atoms with Crippen LogP contribution in [-0.4, -0.2) is 42.5 Å². The summed E-state index contributed by atoms with van der Waals surface area (Å²) >= 11 is 0. The lowest BCUT2D eigenvalue weighted by Crippen LogP contribution is -2.19. The fourth-order valence-electron chi connectivity index (χ4n) is 1.58. The third-order valence-electron chi connectivity index (χ3n) is 2.76. The molecule has 0 aliphatic carbocycles. The molecule has 0 radical (unpaired) electrons. The van der Waals surface area contributed by atoms with E-state index in [-0.39, 0.29) is 19.6 Å². The van der Waals surface area contributed by atoms with Gasteiger partial charge in [-0.15, -0.1) is 0 Å². The van der Waals surface area contributed by atoms with Crippen molar-refractivity contribution < 1.29 is 24.5 Å². The minimum absolute atomic E-state index is 0.106. The molecule has 0 heterocycles. The number of ether oxygens (including phenoxy) is 2. The van der Waals surface area contributed by atoms with Gasteiger partial charge in [0.25, 0.3) is 0 Å². The summed E-state index contributed by atoms with van der Waals surface area (Å²) in [6.07, 6.45) is -1.96. The Labute approximate surface area is 121 Å². The Morgan fingerprint density at radius 1 is 1.38 bits per heavy atom. The molecule has 2 N–H and O–H groups in total. The van der Waals surface area contributed by atoms with E-state index in [9.17, 15) is 15.0 Å². The van der Waals surface area contributed by atoms with E-state index >= 15 is 0 Å². The van der Waals surface area contributed by atoms with Gasteiger partial charge in [0, 0.05) is 11.5 Å². The second-order valence-corrected chi connectivity index (χ2v) is 4.19. The lowest BCUT2D eigenvalue weighted by atomic mass is 10.0.